The van der Waals surface area contributed by atoms with Gasteiger partial charge in [0.2, 0.25) is 11.8 Å². The number of likely N-dealkylation sites (N-methyl/N-ethyl adjacent to an activating group) is 1. The third kappa shape index (κ3) is 6.86. The summed E-state index contributed by atoms with van der Waals surface area (Å²) >= 11 is 3.40. The summed E-state index contributed by atoms with van der Waals surface area (Å²) in [5.41, 5.74) is 0.838. The highest BCUT2D eigenvalue weighted by atomic mass is 79.9. The lowest BCUT2D eigenvalue weighted by Crippen LogP contribution is -2.50. The fourth-order valence-corrected chi connectivity index (χ4v) is 5.50. The first kappa shape index (κ1) is 28.1. The molecule has 0 fully saturated rings. The molecule has 0 saturated heterocycles. The first-order valence-corrected chi connectivity index (χ1v) is 13.5. The van der Waals surface area contributed by atoms with E-state index >= 15 is 0 Å². The predicted octanol–water partition coefficient (Wildman–Crippen LogP) is 3.96. The van der Waals surface area contributed by atoms with Crippen molar-refractivity contribution in [3.8, 4) is 5.75 Å². The molecule has 0 heterocycles. The van der Waals surface area contributed by atoms with Crippen molar-refractivity contribution in [2.75, 3.05) is 25.0 Å². The Morgan fingerprint density at radius 1 is 1.05 bits per heavy atom. The Morgan fingerprint density at radius 2 is 1.70 bits per heavy atom. The summed E-state index contributed by atoms with van der Waals surface area (Å²) in [6.07, 6.45) is 0. The van der Waals surface area contributed by atoms with Crippen molar-refractivity contribution in [1.82, 2.24) is 10.2 Å². The van der Waals surface area contributed by atoms with Crippen LogP contribution in [-0.2, 0) is 26.2 Å². The van der Waals surface area contributed by atoms with Gasteiger partial charge in [-0.1, -0.05) is 28.1 Å². The highest BCUT2D eigenvalue weighted by Crippen LogP contribution is 2.26. The van der Waals surface area contributed by atoms with E-state index in [0.717, 1.165) is 26.5 Å². The second-order valence-electron chi connectivity index (χ2n) is 8.11. The maximum atomic E-state index is 13.7. The van der Waals surface area contributed by atoms with Crippen LogP contribution < -0.4 is 14.4 Å². The maximum Gasteiger partial charge on any atom is 0.264 e. The quantitative estimate of drug-likeness (QED) is 0.385. The van der Waals surface area contributed by atoms with Crippen LogP contribution in [0.3, 0.4) is 0 Å². The van der Waals surface area contributed by atoms with Gasteiger partial charge in [-0.2, -0.15) is 0 Å². The number of benzene rings is 3. The minimum absolute atomic E-state index is 0.0622. The summed E-state index contributed by atoms with van der Waals surface area (Å²) in [5, 5.41) is 2.53. The monoisotopic (exact) mass is 591 g/mol. The van der Waals surface area contributed by atoms with E-state index in [0.29, 0.717) is 5.75 Å². The Bertz CT molecular complexity index is 1350. The molecule has 0 aliphatic rings. The molecule has 3 rings (SSSR count). The summed E-state index contributed by atoms with van der Waals surface area (Å²) in [7, 11) is -1.34. The molecule has 8 nitrogen and oxygen atoms in total. The number of hydrogen-bond donors (Lipinski definition) is 1. The van der Waals surface area contributed by atoms with Crippen molar-refractivity contribution < 1.29 is 27.1 Å². The number of anilines is 1. The summed E-state index contributed by atoms with van der Waals surface area (Å²) < 4.78 is 47.8. The number of methoxy groups -OCH3 is 1. The molecule has 1 atom stereocenters. The number of ether oxygens (including phenoxy) is 1. The molecule has 0 aliphatic heterocycles. The van der Waals surface area contributed by atoms with E-state index in [2.05, 4.69) is 21.2 Å². The van der Waals surface area contributed by atoms with Gasteiger partial charge in [0, 0.05) is 18.1 Å². The predicted molar refractivity (Wildman–Crippen MR) is 142 cm³/mol. The number of amides is 2. The molecule has 0 radical (unpaired) electrons. The number of hydrogen-bond acceptors (Lipinski definition) is 5. The minimum Gasteiger partial charge on any atom is -0.497 e. The zero-order valence-electron chi connectivity index (χ0n) is 20.5. The number of nitrogens with zero attached hydrogens (tertiary/aromatic N) is 2. The van der Waals surface area contributed by atoms with Gasteiger partial charge in [0.25, 0.3) is 10.0 Å². The van der Waals surface area contributed by atoms with E-state index in [1.807, 2.05) is 12.1 Å². The van der Waals surface area contributed by atoms with Gasteiger partial charge in [0.1, 0.15) is 24.2 Å². The molecule has 3 aromatic rings. The Labute approximate surface area is 224 Å². The summed E-state index contributed by atoms with van der Waals surface area (Å²) in [4.78, 5) is 27.4. The average molecular weight is 592 g/mol. The van der Waals surface area contributed by atoms with Crippen molar-refractivity contribution in [2.24, 2.45) is 0 Å². The van der Waals surface area contributed by atoms with Gasteiger partial charge in [0.15, 0.2) is 0 Å². The Balaban J connectivity index is 2.02. The van der Waals surface area contributed by atoms with Gasteiger partial charge >= 0.3 is 0 Å². The van der Waals surface area contributed by atoms with E-state index in [9.17, 15) is 22.4 Å². The van der Waals surface area contributed by atoms with E-state index in [4.69, 9.17) is 4.74 Å². The largest absolute Gasteiger partial charge is 0.497 e. The van der Waals surface area contributed by atoms with Crippen LogP contribution in [0.5, 0.6) is 5.75 Å². The van der Waals surface area contributed by atoms with Crippen LogP contribution >= 0.6 is 15.9 Å². The second kappa shape index (κ2) is 12.2. The average Bonchev–Trinajstić information content (AvgIpc) is 2.90. The molecule has 0 unspecified atom stereocenters. The molecule has 2 amide bonds. The Kier molecular flexibility index (Phi) is 9.28. The smallest absolute Gasteiger partial charge is 0.264 e. The second-order valence-corrected chi connectivity index (χ2v) is 10.9. The molecule has 196 valence electrons. The van der Waals surface area contributed by atoms with E-state index in [1.54, 1.807) is 19.1 Å². The number of carbonyl (C=O) groups excluding carboxylic acids is 2. The number of halogens is 2. The van der Waals surface area contributed by atoms with Crippen LogP contribution in [0.4, 0.5) is 10.1 Å². The van der Waals surface area contributed by atoms with Crippen LogP contribution in [0.15, 0.2) is 82.2 Å². The summed E-state index contributed by atoms with van der Waals surface area (Å²) in [6.45, 7) is 1.01. The zero-order valence-corrected chi connectivity index (χ0v) is 22.9. The van der Waals surface area contributed by atoms with Crippen LogP contribution in [0.1, 0.15) is 12.5 Å². The number of sulfonamides is 1. The molecular weight excluding hydrogens is 565 g/mol. The fraction of sp³-hybridized carbons (Fsp3) is 0.231. The van der Waals surface area contributed by atoms with Crippen LogP contribution in [0, 0.1) is 5.82 Å². The fourth-order valence-electron chi connectivity index (χ4n) is 3.63. The molecule has 0 spiro atoms. The van der Waals surface area contributed by atoms with E-state index in [1.165, 1.54) is 55.5 Å². The van der Waals surface area contributed by atoms with Crippen molar-refractivity contribution in [2.45, 2.75) is 24.4 Å². The lowest BCUT2D eigenvalue weighted by atomic mass is 10.1. The minimum atomic E-state index is -4.25. The maximum absolute atomic E-state index is 13.7. The van der Waals surface area contributed by atoms with E-state index in [-0.39, 0.29) is 17.1 Å². The third-order valence-corrected chi connectivity index (χ3v) is 7.98. The summed E-state index contributed by atoms with van der Waals surface area (Å²) in [5.74, 6) is -1.11. The normalized spacial score (nSPS) is 11.9. The van der Waals surface area contributed by atoms with Gasteiger partial charge in [-0.15, -0.1) is 0 Å². The first-order valence-electron chi connectivity index (χ1n) is 11.2. The van der Waals surface area contributed by atoms with Gasteiger partial charge in [-0.25, -0.2) is 12.8 Å². The molecule has 0 saturated carbocycles. The molecule has 1 N–H and O–H groups in total. The number of nitrogens with one attached hydrogen (secondary N) is 1. The molecular formula is C26H27BrFN3O5S. The molecule has 0 aromatic heterocycles. The highest BCUT2D eigenvalue weighted by Gasteiger charge is 2.32. The van der Waals surface area contributed by atoms with Crippen molar-refractivity contribution in [3.63, 3.8) is 0 Å². The SMILES string of the molecule is CNC(=O)[C@H](C)N(Cc1cccc(Br)c1)C(=O)CN(c1ccc(F)cc1)S(=O)(=O)c1ccc(OC)cc1. The van der Waals surface area contributed by atoms with E-state index < -0.39 is 40.2 Å². The molecule has 3 aromatic carbocycles. The molecule has 11 heteroatoms. The number of rotatable bonds is 10. The molecule has 0 bridgehead atoms. The first-order chi connectivity index (χ1) is 17.6. The van der Waals surface area contributed by atoms with Crippen molar-refractivity contribution in [1.29, 1.82) is 0 Å². The van der Waals surface area contributed by atoms with Gasteiger partial charge in [0.05, 0.1) is 17.7 Å². The van der Waals surface area contributed by atoms with Gasteiger partial charge in [-0.3, -0.25) is 13.9 Å². The third-order valence-electron chi connectivity index (χ3n) is 5.70. The van der Waals surface area contributed by atoms with Crippen LogP contribution in [0.25, 0.3) is 0 Å². The lowest BCUT2D eigenvalue weighted by Gasteiger charge is -2.31. The van der Waals surface area contributed by atoms with Gasteiger partial charge in [-0.05, 0) is 73.2 Å². The molecule has 0 aliphatic carbocycles. The van der Waals surface area contributed by atoms with Crippen molar-refractivity contribution in [3.05, 3.63) is 88.6 Å². The zero-order chi connectivity index (χ0) is 27.2. The van der Waals surface area contributed by atoms with Crippen molar-refractivity contribution >= 4 is 43.5 Å². The highest BCUT2D eigenvalue weighted by molar-refractivity contribution is 9.10. The Hall–Kier alpha value is -3.44. The standard InChI is InChI=1S/C26H27BrFN3O5S/c1-18(26(33)29-2)30(16-19-5-4-6-20(27)15-19)25(32)17-31(22-9-7-21(28)8-10-22)37(34,35)24-13-11-23(36-3)12-14-24/h4-15,18H,16-17H2,1-3H3,(H,29,33)/t18-/m0/s1. The summed E-state index contributed by atoms with van der Waals surface area (Å²) in [6, 6.07) is 16.8. The Morgan fingerprint density at radius 3 is 2.27 bits per heavy atom. The topological polar surface area (TPSA) is 96.0 Å². The van der Waals surface area contributed by atoms with Gasteiger partial charge < -0.3 is 15.0 Å². The molecule has 37 heavy (non-hydrogen) atoms. The number of carbonyl (C=O) groups is 2. The van der Waals surface area contributed by atoms with Crippen LogP contribution in [0.2, 0.25) is 0 Å². The van der Waals surface area contributed by atoms with Crippen LogP contribution in [-0.4, -0.2) is 51.9 Å². The lowest BCUT2D eigenvalue weighted by molar-refractivity contribution is -0.139.